The van der Waals surface area contributed by atoms with Crippen LogP contribution in [0.25, 0.3) is 0 Å². The van der Waals surface area contributed by atoms with Gasteiger partial charge in [-0.05, 0) is 43.1 Å². The van der Waals surface area contributed by atoms with E-state index in [0.29, 0.717) is 12.2 Å². The van der Waals surface area contributed by atoms with E-state index in [0.717, 1.165) is 19.4 Å². The zero-order chi connectivity index (χ0) is 15.6. The summed E-state index contributed by atoms with van der Waals surface area (Å²) < 4.78 is 11.4. The molecule has 0 N–H and O–H groups in total. The second kappa shape index (κ2) is 9.74. The van der Waals surface area contributed by atoms with Crippen LogP contribution in [0.2, 0.25) is 18.1 Å². The van der Waals surface area contributed by atoms with Gasteiger partial charge in [0.2, 0.25) is 0 Å². The first-order valence-corrected chi connectivity index (χ1v) is 10.6. The molecular weight excluding hydrogens is 280 g/mol. The van der Waals surface area contributed by atoms with Crippen molar-refractivity contribution in [3.05, 3.63) is 35.9 Å². The number of benzene rings is 1. The highest BCUT2D eigenvalue weighted by molar-refractivity contribution is 6.73. The van der Waals surface area contributed by atoms with Gasteiger partial charge in [-0.15, -0.1) is 0 Å². The summed E-state index contributed by atoms with van der Waals surface area (Å²) in [6.45, 7) is 7.98. The predicted octanol–water partition coefficient (Wildman–Crippen LogP) is 4.65. The van der Waals surface area contributed by atoms with Crippen molar-refractivity contribution in [1.29, 1.82) is 0 Å². The average molecular weight is 308 g/mol. The van der Waals surface area contributed by atoms with Gasteiger partial charge in [-0.3, -0.25) is 0 Å². The van der Waals surface area contributed by atoms with Gasteiger partial charge in [0.15, 0.2) is 8.32 Å². The molecule has 0 aliphatic rings. The highest BCUT2D eigenvalue weighted by atomic mass is 28.4. The number of carbonyl (C=O) groups is 1. The van der Waals surface area contributed by atoms with Crippen molar-refractivity contribution in [2.75, 3.05) is 13.2 Å². The van der Waals surface area contributed by atoms with E-state index in [2.05, 4.69) is 20.8 Å². The molecule has 0 spiro atoms. The molecule has 0 bridgehead atoms. The lowest BCUT2D eigenvalue weighted by molar-refractivity contribution is 0.0493. The highest BCUT2D eigenvalue weighted by Crippen LogP contribution is 2.21. The molecule has 0 saturated heterocycles. The molecule has 3 nitrogen and oxygen atoms in total. The molecule has 0 atom stereocenters. The molecule has 21 heavy (non-hydrogen) atoms. The van der Waals surface area contributed by atoms with Crippen LogP contribution in [0.1, 0.15) is 44.0 Å². The van der Waals surface area contributed by atoms with E-state index in [1.165, 1.54) is 18.1 Å². The van der Waals surface area contributed by atoms with Gasteiger partial charge in [-0.2, -0.15) is 0 Å². The topological polar surface area (TPSA) is 35.5 Å². The monoisotopic (exact) mass is 308 g/mol. The summed E-state index contributed by atoms with van der Waals surface area (Å²) in [5.74, 6) is -0.240. The van der Waals surface area contributed by atoms with Crippen LogP contribution in [0, 0.1) is 0 Å². The van der Waals surface area contributed by atoms with Gasteiger partial charge in [0, 0.05) is 6.61 Å². The Balaban J connectivity index is 2.16. The Labute approximate surface area is 129 Å². The molecule has 0 amide bonds. The summed E-state index contributed by atoms with van der Waals surface area (Å²) in [4.78, 5) is 11.7. The first-order chi connectivity index (χ1) is 10.2. The molecule has 1 aromatic rings. The average Bonchev–Trinajstić information content (AvgIpc) is 2.55. The summed E-state index contributed by atoms with van der Waals surface area (Å²) in [5, 5.41) is 0. The molecular formula is C17H28O3Si. The van der Waals surface area contributed by atoms with Crippen molar-refractivity contribution < 1.29 is 14.0 Å². The number of rotatable bonds is 10. The van der Waals surface area contributed by atoms with Gasteiger partial charge in [0.05, 0.1) is 12.2 Å². The Kier molecular flexibility index (Phi) is 8.31. The van der Waals surface area contributed by atoms with Gasteiger partial charge >= 0.3 is 5.97 Å². The summed E-state index contributed by atoms with van der Waals surface area (Å²) in [6.07, 6.45) is 1.82. The number of unbranched alkanes of at least 4 members (excludes halogenated alkanes) is 1. The normalized spacial score (nSPS) is 11.4. The van der Waals surface area contributed by atoms with E-state index in [1.54, 1.807) is 12.1 Å². The standard InChI is InChI=1S/C17H28O3Si/c1-4-21(5-2,6-3)20-15-11-10-14-19-17(18)16-12-8-7-9-13-16/h7-9,12-13H,4-6,10-11,14-15H2,1-3H3. The van der Waals surface area contributed by atoms with E-state index in [9.17, 15) is 4.79 Å². The van der Waals surface area contributed by atoms with Crippen LogP contribution in [-0.4, -0.2) is 27.5 Å². The SMILES string of the molecule is CC[Si](CC)(CC)OCCCCOC(=O)c1ccccc1. The predicted molar refractivity (Wildman–Crippen MR) is 89.1 cm³/mol. The van der Waals surface area contributed by atoms with Gasteiger partial charge < -0.3 is 9.16 Å². The van der Waals surface area contributed by atoms with Gasteiger partial charge in [-0.1, -0.05) is 39.0 Å². The van der Waals surface area contributed by atoms with Crippen molar-refractivity contribution in [2.45, 2.75) is 51.7 Å². The van der Waals surface area contributed by atoms with Crippen molar-refractivity contribution in [3.63, 3.8) is 0 Å². The van der Waals surface area contributed by atoms with E-state index in [1.807, 2.05) is 18.2 Å². The van der Waals surface area contributed by atoms with Crippen LogP contribution in [-0.2, 0) is 9.16 Å². The fraction of sp³-hybridized carbons (Fsp3) is 0.588. The Morgan fingerprint density at radius 2 is 1.52 bits per heavy atom. The van der Waals surface area contributed by atoms with Gasteiger partial charge in [-0.25, -0.2) is 4.79 Å². The molecule has 0 aliphatic heterocycles. The number of hydrogen-bond acceptors (Lipinski definition) is 3. The third-order valence-electron chi connectivity index (χ3n) is 4.12. The molecule has 0 heterocycles. The van der Waals surface area contributed by atoms with Gasteiger partial charge in [0.1, 0.15) is 0 Å². The third-order valence-corrected chi connectivity index (χ3v) is 8.81. The van der Waals surface area contributed by atoms with E-state index < -0.39 is 8.32 Å². The van der Waals surface area contributed by atoms with Crippen molar-refractivity contribution in [1.82, 2.24) is 0 Å². The van der Waals surface area contributed by atoms with E-state index in [4.69, 9.17) is 9.16 Å². The first-order valence-electron chi connectivity index (χ1n) is 8.03. The third kappa shape index (κ3) is 6.02. The Hall–Kier alpha value is -1.13. The van der Waals surface area contributed by atoms with Crippen LogP contribution >= 0.6 is 0 Å². The molecule has 1 aromatic carbocycles. The fourth-order valence-corrected chi connectivity index (χ4v) is 5.06. The molecule has 1 rings (SSSR count). The molecule has 0 fully saturated rings. The number of ether oxygens (including phenoxy) is 1. The summed E-state index contributed by atoms with van der Waals surface area (Å²) >= 11 is 0. The highest BCUT2D eigenvalue weighted by Gasteiger charge is 2.28. The van der Waals surface area contributed by atoms with Gasteiger partial charge in [0.25, 0.3) is 0 Å². The molecule has 0 radical (unpaired) electrons. The maximum Gasteiger partial charge on any atom is 0.338 e. The number of esters is 1. The van der Waals surface area contributed by atoms with Crippen LogP contribution in [0.5, 0.6) is 0 Å². The minimum atomic E-state index is -1.46. The lowest BCUT2D eigenvalue weighted by Gasteiger charge is -2.27. The van der Waals surface area contributed by atoms with Crippen molar-refractivity contribution >= 4 is 14.3 Å². The first kappa shape index (κ1) is 17.9. The van der Waals surface area contributed by atoms with Crippen LogP contribution in [0.4, 0.5) is 0 Å². The number of carbonyl (C=O) groups excluding carboxylic acids is 1. The smallest absolute Gasteiger partial charge is 0.338 e. The largest absolute Gasteiger partial charge is 0.462 e. The maximum atomic E-state index is 11.7. The molecule has 0 aromatic heterocycles. The minimum Gasteiger partial charge on any atom is -0.462 e. The molecule has 4 heteroatoms. The minimum absolute atomic E-state index is 0.240. The number of hydrogen-bond donors (Lipinski definition) is 0. The quantitative estimate of drug-likeness (QED) is 0.359. The zero-order valence-corrected chi connectivity index (χ0v) is 14.6. The lowest BCUT2D eigenvalue weighted by atomic mass is 10.2. The van der Waals surface area contributed by atoms with Crippen LogP contribution in [0.3, 0.4) is 0 Å². The Bertz CT molecular complexity index is 393. The maximum absolute atomic E-state index is 11.7. The van der Waals surface area contributed by atoms with E-state index >= 15 is 0 Å². The van der Waals surface area contributed by atoms with E-state index in [-0.39, 0.29) is 5.97 Å². The second-order valence-electron chi connectivity index (χ2n) is 5.30. The molecule has 0 unspecified atom stereocenters. The lowest BCUT2D eigenvalue weighted by Crippen LogP contribution is -2.36. The molecule has 0 saturated carbocycles. The summed E-state index contributed by atoms with van der Waals surface area (Å²) in [5.41, 5.74) is 0.614. The molecule has 118 valence electrons. The molecule has 0 aliphatic carbocycles. The second-order valence-corrected chi connectivity index (χ2v) is 10.1. The Morgan fingerprint density at radius 3 is 2.10 bits per heavy atom. The van der Waals surface area contributed by atoms with Crippen molar-refractivity contribution in [2.24, 2.45) is 0 Å². The van der Waals surface area contributed by atoms with Crippen molar-refractivity contribution in [3.8, 4) is 0 Å². The summed E-state index contributed by atoms with van der Waals surface area (Å²) in [7, 11) is -1.46. The van der Waals surface area contributed by atoms with Crippen LogP contribution < -0.4 is 0 Å². The Morgan fingerprint density at radius 1 is 0.952 bits per heavy atom. The zero-order valence-electron chi connectivity index (χ0n) is 13.6. The van der Waals surface area contributed by atoms with Crippen LogP contribution in [0.15, 0.2) is 30.3 Å². The summed E-state index contributed by atoms with van der Waals surface area (Å²) in [6, 6.07) is 12.7. The fourth-order valence-electron chi connectivity index (χ4n) is 2.37.